The van der Waals surface area contributed by atoms with Gasteiger partial charge in [-0.05, 0) is 30.7 Å². The van der Waals surface area contributed by atoms with E-state index in [1.54, 1.807) is 0 Å². The van der Waals surface area contributed by atoms with E-state index in [1.807, 2.05) is 0 Å². The van der Waals surface area contributed by atoms with Gasteiger partial charge in [0.25, 0.3) is 0 Å². The third-order valence-electron chi connectivity index (χ3n) is 3.60. The van der Waals surface area contributed by atoms with Gasteiger partial charge in [-0.3, -0.25) is 0 Å². The molecule has 0 spiro atoms. The second-order valence-corrected chi connectivity index (χ2v) is 6.46. The van der Waals surface area contributed by atoms with Crippen LogP contribution in [-0.2, 0) is 12.0 Å². The molecule has 2 heterocycles. The van der Waals surface area contributed by atoms with E-state index in [0.29, 0.717) is 0 Å². The van der Waals surface area contributed by atoms with E-state index in [9.17, 15) is 0 Å². The zero-order chi connectivity index (χ0) is 14.6. The van der Waals surface area contributed by atoms with E-state index in [1.165, 1.54) is 11.3 Å². The highest BCUT2D eigenvalue weighted by Crippen LogP contribution is 2.25. The normalized spacial score (nSPS) is 15.7. The Balaban J connectivity index is 2.31. The van der Waals surface area contributed by atoms with Crippen molar-refractivity contribution in [3.63, 3.8) is 0 Å². The molecular weight excluding hydrogens is 246 g/mol. The summed E-state index contributed by atoms with van der Waals surface area (Å²) in [5, 5.41) is 3.41. The number of hydrogen-bond acceptors (Lipinski definition) is 3. The van der Waals surface area contributed by atoms with Gasteiger partial charge in [0.2, 0.25) is 0 Å². The lowest BCUT2D eigenvalue weighted by Crippen LogP contribution is -2.29. The van der Waals surface area contributed by atoms with E-state index in [-0.39, 0.29) is 5.41 Å². The van der Waals surface area contributed by atoms with Crippen LogP contribution in [0.1, 0.15) is 45.4 Å². The summed E-state index contributed by atoms with van der Waals surface area (Å²) in [5.41, 5.74) is 2.59. The van der Waals surface area contributed by atoms with Gasteiger partial charge >= 0.3 is 0 Å². The molecule has 0 unspecified atom stereocenters. The first-order chi connectivity index (χ1) is 9.50. The molecule has 3 heteroatoms. The molecule has 2 rings (SSSR count). The maximum Gasteiger partial charge on any atom is 0.129 e. The summed E-state index contributed by atoms with van der Waals surface area (Å²) in [7, 11) is 0. The van der Waals surface area contributed by atoms with Crippen LogP contribution in [0.2, 0.25) is 0 Å². The van der Waals surface area contributed by atoms with Crippen molar-refractivity contribution in [3.05, 3.63) is 35.5 Å². The van der Waals surface area contributed by atoms with Crippen LogP contribution in [0.5, 0.6) is 0 Å². The predicted molar refractivity (Wildman–Crippen MR) is 86.3 cm³/mol. The van der Waals surface area contributed by atoms with E-state index in [4.69, 9.17) is 4.98 Å². The Labute approximate surface area is 123 Å². The first-order valence-corrected chi connectivity index (χ1v) is 7.63. The fourth-order valence-corrected chi connectivity index (χ4v) is 2.34. The van der Waals surface area contributed by atoms with Crippen molar-refractivity contribution in [1.82, 2.24) is 10.3 Å². The Hall–Kier alpha value is -1.35. The van der Waals surface area contributed by atoms with Crippen LogP contribution >= 0.6 is 0 Å². The van der Waals surface area contributed by atoms with E-state index in [0.717, 1.165) is 38.4 Å². The summed E-state index contributed by atoms with van der Waals surface area (Å²) in [6.45, 7) is 12.8. The van der Waals surface area contributed by atoms with Crippen molar-refractivity contribution in [3.8, 4) is 0 Å². The molecule has 0 atom stereocenters. The van der Waals surface area contributed by atoms with E-state index < -0.39 is 0 Å². The number of anilines is 1. The Bertz CT molecular complexity index is 472. The van der Waals surface area contributed by atoms with Gasteiger partial charge in [-0.2, -0.15) is 0 Å². The van der Waals surface area contributed by atoms with Crippen molar-refractivity contribution in [2.75, 3.05) is 24.5 Å². The van der Waals surface area contributed by atoms with Crippen molar-refractivity contribution in [2.24, 2.45) is 0 Å². The number of rotatable bonds is 4. The molecule has 0 fully saturated rings. The minimum atomic E-state index is 0.0859. The van der Waals surface area contributed by atoms with Gasteiger partial charge in [0.1, 0.15) is 5.82 Å². The predicted octanol–water partition coefficient (Wildman–Crippen LogP) is 3.25. The fraction of sp³-hybridized carbons (Fsp3) is 0.588. The molecule has 110 valence electrons. The lowest BCUT2D eigenvalue weighted by Gasteiger charge is -2.27. The summed E-state index contributed by atoms with van der Waals surface area (Å²) < 4.78 is 0. The molecule has 0 amide bonds. The minimum Gasteiger partial charge on any atom is -0.353 e. The van der Waals surface area contributed by atoms with Gasteiger partial charge in [0.15, 0.2) is 0 Å². The third-order valence-corrected chi connectivity index (χ3v) is 3.60. The Morgan fingerprint density at radius 3 is 2.65 bits per heavy atom. The number of pyridine rings is 1. The molecule has 0 aliphatic carbocycles. The van der Waals surface area contributed by atoms with Crippen LogP contribution in [-0.4, -0.2) is 24.6 Å². The minimum absolute atomic E-state index is 0.0859. The van der Waals surface area contributed by atoms with Gasteiger partial charge in [-0.15, -0.1) is 0 Å². The molecule has 1 aromatic heterocycles. The Kier molecular flexibility index (Phi) is 4.81. The van der Waals surface area contributed by atoms with Gasteiger partial charge in [-0.1, -0.05) is 39.8 Å². The van der Waals surface area contributed by atoms with E-state index in [2.05, 4.69) is 62.2 Å². The second-order valence-electron chi connectivity index (χ2n) is 6.46. The Morgan fingerprint density at radius 1 is 1.25 bits per heavy atom. The van der Waals surface area contributed by atoms with Gasteiger partial charge in [-0.25, -0.2) is 4.98 Å². The first-order valence-electron chi connectivity index (χ1n) is 7.63. The highest BCUT2D eigenvalue weighted by molar-refractivity contribution is 5.45. The van der Waals surface area contributed by atoms with Crippen LogP contribution in [0.3, 0.4) is 0 Å². The van der Waals surface area contributed by atoms with Crippen molar-refractivity contribution < 1.29 is 0 Å². The van der Waals surface area contributed by atoms with Crippen LogP contribution in [0.15, 0.2) is 24.3 Å². The topological polar surface area (TPSA) is 28.2 Å². The molecule has 1 aromatic rings. The van der Waals surface area contributed by atoms with Crippen LogP contribution < -0.4 is 10.2 Å². The monoisotopic (exact) mass is 273 g/mol. The van der Waals surface area contributed by atoms with Crippen LogP contribution in [0.4, 0.5) is 5.82 Å². The quantitative estimate of drug-likeness (QED) is 0.854. The molecule has 3 nitrogen and oxygen atoms in total. The number of aromatic nitrogens is 1. The van der Waals surface area contributed by atoms with Gasteiger partial charge < -0.3 is 10.2 Å². The molecular formula is C17H27N3. The van der Waals surface area contributed by atoms with Crippen LogP contribution in [0.25, 0.3) is 0 Å². The standard InChI is InChI=1S/C17H27N3/c1-5-18-13-14-11-15(17(2,3)4)19-16(12-14)20-9-7-6-8-10-20/h6-7,11-12,18H,5,8-10,13H2,1-4H3. The SMILES string of the molecule is CCNCc1cc(N2CC=CCC2)nc(C(C)(C)C)c1. The van der Waals surface area contributed by atoms with Crippen LogP contribution in [0, 0.1) is 0 Å². The van der Waals surface area contributed by atoms with Crippen molar-refractivity contribution >= 4 is 5.82 Å². The van der Waals surface area contributed by atoms with Crippen molar-refractivity contribution in [1.29, 1.82) is 0 Å². The third kappa shape index (κ3) is 3.83. The molecule has 1 N–H and O–H groups in total. The molecule has 1 aliphatic rings. The molecule has 20 heavy (non-hydrogen) atoms. The molecule has 0 aromatic carbocycles. The highest BCUT2D eigenvalue weighted by atomic mass is 15.2. The average molecular weight is 273 g/mol. The molecule has 0 radical (unpaired) electrons. The Morgan fingerprint density at radius 2 is 2.05 bits per heavy atom. The highest BCUT2D eigenvalue weighted by Gasteiger charge is 2.19. The summed E-state index contributed by atoms with van der Waals surface area (Å²) in [4.78, 5) is 7.27. The summed E-state index contributed by atoms with van der Waals surface area (Å²) in [6, 6.07) is 4.48. The molecule has 1 aliphatic heterocycles. The first kappa shape index (κ1) is 15.0. The molecule has 0 bridgehead atoms. The average Bonchev–Trinajstić information content (AvgIpc) is 2.45. The van der Waals surface area contributed by atoms with Gasteiger partial charge in [0.05, 0.1) is 0 Å². The molecule has 0 saturated heterocycles. The largest absolute Gasteiger partial charge is 0.353 e. The summed E-state index contributed by atoms with van der Waals surface area (Å²) in [5.74, 6) is 1.12. The lowest BCUT2D eigenvalue weighted by molar-refractivity contribution is 0.565. The zero-order valence-corrected chi connectivity index (χ0v) is 13.2. The maximum absolute atomic E-state index is 4.90. The number of nitrogens with one attached hydrogen (secondary N) is 1. The summed E-state index contributed by atoms with van der Waals surface area (Å²) in [6.07, 6.45) is 5.60. The van der Waals surface area contributed by atoms with Gasteiger partial charge in [0, 0.05) is 30.7 Å². The smallest absolute Gasteiger partial charge is 0.129 e. The number of hydrogen-bond donors (Lipinski definition) is 1. The second kappa shape index (κ2) is 6.40. The number of nitrogens with zero attached hydrogens (tertiary/aromatic N) is 2. The summed E-state index contributed by atoms with van der Waals surface area (Å²) >= 11 is 0. The lowest BCUT2D eigenvalue weighted by atomic mass is 9.90. The maximum atomic E-state index is 4.90. The van der Waals surface area contributed by atoms with E-state index >= 15 is 0 Å². The zero-order valence-electron chi connectivity index (χ0n) is 13.2. The fourth-order valence-electron chi connectivity index (χ4n) is 2.34. The van der Waals surface area contributed by atoms with Crippen molar-refractivity contribution in [2.45, 2.75) is 46.1 Å². The molecule has 0 saturated carbocycles.